The fraction of sp³-hybridized carbons (Fsp3) is 0.929. The van der Waals surface area contributed by atoms with Crippen molar-refractivity contribution in [2.45, 2.75) is 37.3 Å². The second-order valence-electron chi connectivity index (χ2n) is 6.58. The highest BCUT2D eigenvalue weighted by Crippen LogP contribution is 2.43. The Labute approximate surface area is 126 Å². The predicted molar refractivity (Wildman–Crippen MR) is 78.7 cm³/mol. The van der Waals surface area contributed by atoms with E-state index in [-0.39, 0.29) is 17.5 Å². The van der Waals surface area contributed by atoms with Gasteiger partial charge in [-0.1, -0.05) is 0 Å². The van der Waals surface area contributed by atoms with Crippen LogP contribution >= 0.6 is 0 Å². The molecule has 3 aliphatic rings. The van der Waals surface area contributed by atoms with E-state index < -0.39 is 15.4 Å². The molecule has 0 spiro atoms. The molecule has 1 saturated heterocycles. The van der Waals surface area contributed by atoms with Gasteiger partial charge >= 0.3 is 5.97 Å². The lowest BCUT2D eigenvalue weighted by atomic mass is 9.91. The highest BCUT2D eigenvalue weighted by atomic mass is 32.2. The standard InChI is InChI=1S/C14H24N2O4S/c1-20-13(17)14(11-2-3-11,15-12-4-5-12)10-16-6-8-21(18,19)9-7-16/h11-12,15H,2-10H2,1H3. The van der Waals surface area contributed by atoms with E-state index in [0.717, 1.165) is 25.7 Å². The summed E-state index contributed by atoms with van der Waals surface area (Å²) >= 11 is 0. The van der Waals surface area contributed by atoms with Crippen molar-refractivity contribution in [2.75, 3.05) is 38.2 Å². The number of hydrogen-bond donors (Lipinski definition) is 1. The molecule has 0 aromatic carbocycles. The largest absolute Gasteiger partial charge is 0.468 e. The average molecular weight is 316 g/mol. The van der Waals surface area contributed by atoms with E-state index >= 15 is 0 Å². The van der Waals surface area contributed by atoms with Gasteiger partial charge in [0.15, 0.2) is 9.84 Å². The Balaban J connectivity index is 1.73. The van der Waals surface area contributed by atoms with Crippen LogP contribution in [0.3, 0.4) is 0 Å². The predicted octanol–water partition coefficient (Wildman–Crippen LogP) is -0.209. The zero-order chi connectivity index (χ0) is 15.1. The molecule has 2 saturated carbocycles. The van der Waals surface area contributed by atoms with Crippen LogP contribution in [-0.4, -0.2) is 69.1 Å². The second kappa shape index (κ2) is 5.52. The molecule has 3 fully saturated rings. The number of nitrogens with one attached hydrogen (secondary N) is 1. The summed E-state index contributed by atoms with van der Waals surface area (Å²) in [6.07, 6.45) is 4.31. The molecule has 1 N–H and O–H groups in total. The molecule has 1 heterocycles. The lowest BCUT2D eigenvalue weighted by Gasteiger charge is -2.38. The highest BCUT2D eigenvalue weighted by molar-refractivity contribution is 7.91. The molecule has 120 valence electrons. The van der Waals surface area contributed by atoms with Crippen LogP contribution in [0.5, 0.6) is 0 Å². The summed E-state index contributed by atoms with van der Waals surface area (Å²) in [5, 5.41) is 3.52. The Bertz CT molecular complexity index is 499. The number of rotatable bonds is 6. The molecule has 21 heavy (non-hydrogen) atoms. The lowest BCUT2D eigenvalue weighted by Crippen LogP contribution is -2.63. The molecule has 2 aliphatic carbocycles. The fourth-order valence-corrected chi connectivity index (χ4v) is 4.47. The third kappa shape index (κ3) is 3.40. The molecule has 0 aromatic heterocycles. The average Bonchev–Trinajstić information content (AvgIpc) is 3.31. The van der Waals surface area contributed by atoms with Gasteiger partial charge in [-0.15, -0.1) is 0 Å². The Hall–Kier alpha value is -0.660. The number of carbonyl (C=O) groups is 1. The third-order valence-electron chi connectivity index (χ3n) is 4.77. The number of ether oxygens (including phenoxy) is 1. The van der Waals surface area contributed by atoms with Crippen LogP contribution in [0, 0.1) is 5.92 Å². The van der Waals surface area contributed by atoms with Gasteiger partial charge < -0.3 is 4.74 Å². The summed E-state index contributed by atoms with van der Waals surface area (Å²) < 4.78 is 28.2. The summed E-state index contributed by atoms with van der Waals surface area (Å²) in [5.41, 5.74) is -0.642. The van der Waals surface area contributed by atoms with Crippen LogP contribution in [0.15, 0.2) is 0 Å². The van der Waals surface area contributed by atoms with E-state index in [1.165, 1.54) is 7.11 Å². The van der Waals surface area contributed by atoms with E-state index in [2.05, 4.69) is 10.2 Å². The minimum atomic E-state index is -2.89. The van der Waals surface area contributed by atoms with Crippen LogP contribution in [0.4, 0.5) is 0 Å². The molecule has 1 unspecified atom stereocenters. The summed E-state index contributed by atoms with van der Waals surface area (Å²) in [4.78, 5) is 14.6. The molecule has 0 radical (unpaired) electrons. The van der Waals surface area contributed by atoms with Crippen molar-refractivity contribution in [1.29, 1.82) is 0 Å². The topological polar surface area (TPSA) is 75.7 Å². The van der Waals surface area contributed by atoms with Gasteiger partial charge in [0.25, 0.3) is 0 Å². The Morgan fingerprint density at radius 2 is 1.86 bits per heavy atom. The molecule has 6 nitrogen and oxygen atoms in total. The van der Waals surface area contributed by atoms with Crippen LogP contribution in [-0.2, 0) is 19.4 Å². The number of hydrogen-bond acceptors (Lipinski definition) is 6. The van der Waals surface area contributed by atoms with Gasteiger partial charge in [-0.2, -0.15) is 0 Å². The number of sulfone groups is 1. The first kappa shape index (κ1) is 15.2. The van der Waals surface area contributed by atoms with Crippen molar-refractivity contribution in [1.82, 2.24) is 10.2 Å². The van der Waals surface area contributed by atoms with Gasteiger partial charge in [-0.3, -0.25) is 10.2 Å². The molecule has 0 bridgehead atoms. The SMILES string of the molecule is COC(=O)C(CN1CCS(=O)(=O)CC1)(NC1CC1)C1CC1. The van der Waals surface area contributed by atoms with E-state index in [9.17, 15) is 13.2 Å². The lowest BCUT2D eigenvalue weighted by molar-refractivity contribution is -0.151. The van der Waals surface area contributed by atoms with Crippen molar-refractivity contribution in [3.63, 3.8) is 0 Å². The van der Waals surface area contributed by atoms with E-state index in [1.807, 2.05) is 0 Å². The van der Waals surface area contributed by atoms with Crippen LogP contribution in [0.25, 0.3) is 0 Å². The van der Waals surface area contributed by atoms with Gasteiger partial charge in [0, 0.05) is 25.7 Å². The first-order valence-corrected chi connectivity index (χ1v) is 9.56. The second-order valence-corrected chi connectivity index (χ2v) is 8.89. The zero-order valence-corrected chi connectivity index (χ0v) is 13.3. The number of esters is 1. The molecule has 7 heteroatoms. The maximum atomic E-state index is 12.5. The zero-order valence-electron chi connectivity index (χ0n) is 12.5. The Morgan fingerprint density at radius 3 is 2.33 bits per heavy atom. The van der Waals surface area contributed by atoms with Gasteiger partial charge in [0.2, 0.25) is 0 Å². The monoisotopic (exact) mass is 316 g/mol. The van der Waals surface area contributed by atoms with Gasteiger partial charge in [0.1, 0.15) is 5.54 Å². The first-order chi connectivity index (χ1) is 9.95. The first-order valence-electron chi connectivity index (χ1n) is 7.74. The quantitative estimate of drug-likeness (QED) is 0.684. The van der Waals surface area contributed by atoms with E-state index in [1.54, 1.807) is 0 Å². The maximum absolute atomic E-state index is 12.5. The van der Waals surface area contributed by atoms with Crippen molar-refractivity contribution in [2.24, 2.45) is 5.92 Å². The summed E-state index contributed by atoms with van der Waals surface area (Å²) in [7, 11) is -1.45. The van der Waals surface area contributed by atoms with Gasteiger partial charge in [-0.25, -0.2) is 13.2 Å². The Kier molecular flexibility index (Phi) is 4.00. The molecule has 0 aromatic rings. The minimum Gasteiger partial charge on any atom is -0.468 e. The number of methoxy groups -OCH3 is 1. The molecular weight excluding hydrogens is 292 g/mol. The fourth-order valence-electron chi connectivity index (χ4n) is 3.19. The van der Waals surface area contributed by atoms with E-state index in [0.29, 0.717) is 31.6 Å². The molecule has 1 atom stereocenters. The molecule has 0 amide bonds. The third-order valence-corrected chi connectivity index (χ3v) is 6.38. The summed E-state index contributed by atoms with van der Waals surface area (Å²) in [5.74, 6) is 0.519. The minimum absolute atomic E-state index is 0.190. The van der Waals surface area contributed by atoms with Crippen LogP contribution in [0.1, 0.15) is 25.7 Å². The number of nitrogens with zero attached hydrogens (tertiary/aromatic N) is 1. The van der Waals surface area contributed by atoms with Crippen LogP contribution < -0.4 is 5.32 Å². The van der Waals surface area contributed by atoms with Crippen molar-refractivity contribution in [3.05, 3.63) is 0 Å². The molecular formula is C14H24N2O4S. The van der Waals surface area contributed by atoms with E-state index in [4.69, 9.17) is 4.74 Å². The van der Waals surface area contributed by atoms with Gasteiger partial charge in [-0.05, 0) is 31.6 Å². The van der Waals surface area contributed by atoms with Crippen molar-refractivity contribution < 1.29 is 17.9 Å². The Morgan fingerprint density at radius 1 is 1.24 bits per heavy atom. The molecule has 1 aliphatic heterocycles. The van der Waals surface area contributed by atoms with Crippen molar-refractivity contribution in [3.8, 4) is 0 Å². The summed E-state index contributed by atoms with van der Waals surface area (Å²) in [6.45, 7) is 1.59. The highest BCUT2D eigenvalue weighted by Gasteiger charge is 2.54. The normalized spacial score (nSPS) is 28.8. The van der Waals surface area contributed by atoms with Gasteiger partial charge in [0.05, 0.1) is 18.6 Å². The smallest absolute Gasteiger partial charge is 0.327 e. The van der Waals surface area contributed by atoms with Crippen molar-refractivity contribution >= 4 is 15.8 Å². The van der Waals surface area contributed by atoms with Crippen LogP contribution in [0.2, 0.25) is 0 Å². The summed E-state index contributed by atoms with van der Waals surface area (Å²) in [6, 6.07) is 0.415. The maximum Gasteiger partial charge on any atom is 0.327 e. The molecule has 3 rings (SSSR count). The number of carbonyl (C=O) groups excluding carboxylic acids is 1.